The van der Waals surface area contributed by atoms with Gasteiger partial charge in [-0.15, -0.1) is 0 Å². The smallest absolute Gasteiger partial charge is 0.275 e. The Kier molecular flexibility index (Phi) is 3.18. The molecule has 5 nitrogen and oxygen atoms in total. The molecule has 0 aliphatic carbocycles. The summed E-state index contributed by atoms with van der Waals surface area (Å²) in [6, 6.07) is 7.79. The fourth-order valence-corrected chi connectivity index (χ4v) is 3.29. The average molecular weight is 313 g/mol. The van der Waals surface area contributed by atoms with Crippen molar-refractivity contribution in [3.63, 3.8) is 0 Å². The summed E-state index contributed by atoms with van der Waals surface area (Å²) in [7, 11) is 0. The number of likely N-dealkylation sites (tertiary alicyclic amines) is 1. The van der Waals surface area contributed by atoms with Crippen LogP contribution in [-0.4, -0.2) is 32.9 Å². The SMILES string of the molecule is O=C(Cn1c(=O)c2cccn2c2ccc(F)cc21)N1CCCC1. The predicted octanol–water partition coefficient (Wildman–Crippen LogP) is 2.02. The highest BCUT2D eigenvalue weighted by molar-refractivity contribution is 5.82. The first-order valence-electron chi connectivity index (χ1n) is 7.72. The molecule has 0 radical (unpaired) electrons. The molecule has 1 amide bonds. The van der Waals surface area contributed by atoms with Gasteiger partial charge in [0.2, 0.25) is 5.91 Å². The molecule has 0 bridgehead atoms. The second-order valence-electron chi connectivity index (χ2n) is 5.88. The molecular weight excluding hydrogens is 297 g/mol. The quantitative estimate of drug-likeness (QED) is 0.726. The fraction of sp³-hybridized carbons (Fsp3) is 0.294. The summed E-state index contributed by atoms with van der Waals surface area (Å²) in [5, 5.41) is 0. The predicted molar refractivity (Wildman–Crippen MR) is 84.9 cm³/mol. The number of benzene rings is 1. The number of hydrogen-bond donors (Lipinski definition) is 0. The Labute approximate surface area is 131 Å². The van der Waals surface area contributed by atoms with Crippen molar-refractivity contribution < 1.29 is 9.18 Å². The highest BCUT2D eigenvalue weighted by Gasteiger charge is 2.20. The van der Waals surface area contributed by atoms with Gasteiger partial charge in [-0.05, 0) is 43.2 Å². The van der Waals surface area contributed by atoms with Crippen molar-refractivity contribution in [2.24, 2.45) is 0 Å². The molecule has 1 aliphatic rings. The van der Waals surface area contributed by atoms with E-state index >= 15 is 0 Å². The van der Waals surface area contributed by atoms with E-state index < -0.39 is 5.82 Å². The van der Waals surface area contributed by atoms with Crippen molar-refractivity contribution in [2.45, 2.75) is 19.4 Å². The number of nitrogens with zero attached hydrogens (tertiary/aromatic N) is 3. The van der Waals surface area contributed by atoms with E-state index in [1.54, 1.807) is 33.7 Å². The number of carbonyl (C=O) groups is 1. The Morgan fingerprint density at radius 3 is 2.65 bits per heavy atom. The largest absolute Gasteiger partial charge is 0.341 e. The molecule has 23 heavy (non-hydrogen) atoms. The van der Waals surface area contributed by atoms with Gasteiger partial charge in [-0.1, -0.05) is 0 Å². The van der Waals surface area contributed by atoms with E-state index in [1.165, 1.54) is 16.7 Å². The zero-order chi connectivity index (χ0) is 16.0. The third-order valence-electron chi connectivity index (χ3n) is 4.45. The van der Waals surface area contributed by atoms with E-state index in [2.05, 4.69) is 0 Å². The van der Waals surface area contributed by atoms with Gasteiger partial charge in [0.1, 0.15) is 17.9 Å². The summed E-state index contributed by atoms with van der Waals surface area (Å²) in [4.78, 5) is 26.9. The van der Waals surface area contributed by atoms with Crippen LogP contribution in [-0.2, 0) is 11.3 Å². The molecule has 0 N–H and O–H groups in total. The Morgan fingerprint density at radius 1 is 1.09 bits per heavy atom. The topological polar surface area (TPSA) is 46.7 Å². The average Bonchev–Trinajstić information content (AvgIpc) is 3.22. The van der Waals surface area contributed by atoms with E-state index in [-0.39, 0.29) is 18.0 Å². The van der Waals surface area contributed by atoms with Crippen LogP contribution < -0.4 is 5.56 Å². The van der Waals surface area contributed by atoms with Gasteiger partial charge in [0.15, 0.2) is 0 Å². The number of rotatable bonds is 2. The summed E-state index contributed by atoms with van der Waals surface area (Å²) in [6.07, 6.45) is 3.76. The lowest BCUT2D eigenvalue weighted by Gasteiger charge is -2.18. The molecule has 1 aromatic carbocycles. The lowest BCUT2D eigenvalue weighted by Crippen LogP contribution is -2.35. The minimum atomic E-state index is -0.425. The molecule has 1 fully saturated rings. The second kappa shape index (κ2) is 5.22. The van der Waals surface area contributed by atoms with Crippen LogP contribution in [0.5, 0.6) is 0 Å². The van der Waals surface area contributed by atoms with E-state index in [0.717, 1.165) is 25.9 Å². The van der Waals surface area contributed by atoms with Crippen LogP contribution in [0.1, 0.15) is 12.8 Å². The first-order valence-corrected chi connectivity index (χ1v) is 7.72. The van der Waals surface area contributed by atoms with Gasteiger partial charge in [0.25, 0.3) is 5.56 Å². The van der Waals surface area contributed by atoms with E-state index in [9.17, 15) is 14.0 Å². The monoisotopic (exact) mass is 313 g/mol. The number of hydrogen-bond acceptors (Lipinski definition) is 2. The summed E-state index contributed by atoms with van der Waals surface area (Å²) < 4.78 is 16.8. The van der Waals surface area contributed by atoms with Crippen molar-refractivity contribution >= 4 is 22.5 Å². The highest BCUT2D eigenvalue weighted by atomic mass is 19.1. The summed E-state index contributed by atoms with van der Waals surface area (Å²) in [5.41, 5.74) is 1.35. The number of carbonyl (C=O) groups excluding carboxylic acids is 1. The van der Waals surface area contributed by atoms with Crippen molar-refractivity contribution in [1.29, 1.82) is 0 Å². The van der Waals surface area contributed by atoms with E-state index in [4.69, 9.17) is 0 Å². The molecule has 0 saturated carbocycles. The number of fused-ring (bicyclic) bond motifs is 3. The van der Waals surface area contributed by atoms with Crippen LogP contribution in [0.2, 0.25) is 0 Å². The third kappa shape index (κ3) is 2.21. The van der Waals surface area contributed by atoms with Crippen LogP contribution in [0.4, 0.5) is 4.39 Å². The molecule has 1 aliphatic heterocycles. The standard InChI is InChI=1S/C17H16FN3O2/c18-12-5-6-13-15(10-12)21(11-16(22)19-7-1-2-8-19)17(23)14-4-3-9-20(13)14/h3-6,9-10H,1-2,7-8,11H2. The Balaban J connectivity index is 1.91. The van der Waals surface area contributed by atoms with Crippen LogP contribution in [0.3, 0.4) is 0 Å². The van der Waals surface area contributed by atoms with Crippen molar-refractivity contribution in [3.8, 4) is 0 Å². The molecule has 0 unspecified atom stereocenters. The minimum Gasteiger partial charge on any atom is -0.341 e. The van der Waals surface area contributed by atoms with Crippen LogP contribution in [0, 0.1) is 5.82 Å². The lowest BCUT2D eigenvalue weighted by atomic mass is 10.2. The fourth-order valence-electron chi connectivity index (χ4n) is 3.29. The highest BCUT2D eigenvalue weighted by Crippen LogP contribution is 2.17. The Hall–Kier alpha value is -2.63. The normalized spacial score (nSPS) is 14.9. The zero-order valence-electron chi connectivity index (χ0n) is 12.5. The second-order valence-corrected chi connectivity index (χ2v) is 5.88. The number of halogens is 1. The Morgan fingerprint density at radius 2 is 1.87 bits per heavy atom. The molecule has 6 heteroatoms. The molecule has 0 atom stereocenters. The summed E-state index contributed by atoms with van der Waals surface area (Å²) in [5.74, 6) is -0.517. The van der Waals surface area contributed by atoms with Gasteiger partial charge >= 0.3 is 0 Å². The van der Waals surface area contributed by atoms with Crippen LogP contribution >= 0.6 is 0 Å². The Bertz CT molecular complexity index is 967. The summed E-state index contributed by atoms with van der Waals surface area (Å²) in [6.45, 7) is 1.40. The van der Waals surface area contributed by atoms with Crippen molar-refractivity contribution in [2.75, 3.05) is 13.1 Å². The van der Waals surface area contributed by atoms with Gasteiger partial charge in [0, 0.05) is 19.3 Å². The minimum absolute atomic E-state index is 0.0551. The van der Waals surface area contributed by atoms with E-state index in [1.807, 2.05) is 0 Å². The number of aromatic nitrogens is 2. The first kappa shape index (κ1) is 14.0. The van der Waals surface area contributed by atoms with Gasteiger partial charge in [-0.25, -0.2) is 4.39 Å². The third-order valence-corrected chi connectivity index (χ3v) is 4.45. The molecule has 3 heterocycles. The van der Waals surface area contributed by atoms with Crippen LogP contribution in [0.15, 0.2) is 41.3 Å². The molecular formula is C17H16FN3O2. The molecule has 2 aromatic heterocycles. The maximum atomic E-state index is 13.7. The molecule has 118 valence electrons. The molecule has 3 aromatic rings. The zero-order valence-corrected chi connectivity index (χ0v) is 12.5. The van der Waals surface area contributed by atoms with Gasteiger partial charge in [-0.3, -0.25) is 14.2 Å². The van der Waals surface area contributed by atoms with E-state index in [0.29, 0.717) is 16.6 Å². The first-order chi connectivity index (χ1) is 11.1. The van der Waals surface area contributed by atoms with Gasteiger partial charge in [0.05, 0.1) is 11.0 Å². The molecule has 0 spiro atoms. The van der Waals surface area contributed by atoms with Gasteiger partial charge in [-0.2, -0.15) is 0 Å². The van der Waals surface area contributed by atoms with Gasteiger partial charge < -0.3 is 9.30 Å². The maximum absolute atomic E-state index is 13.7. The summed E-state index contributed by atoms with van der Waals surface area (Å²) >= 11 is 0. The molecule has 1 saturated heterocycles. The van der Waals surface area contributed by atoms with Crippen LogP contribution in [0.25, 0.3) is 16.6 Å². The van der Waals surface area contributed by atoms with Crippen molar-refractivity contribution in [3.05, 3.63) is 52.7 Å². The lowest BCUT2D eigenvalue weighted by molar-refractivity contribution is -0.130. The number of amides is 1. The maximum Gasteiger partial charge on any atom is 0.275 e. The molecule has 4 rings (SSSR count). The van der Waals surface area contributed by atoms with Crippen molar-refractivity contribution in [1.82, 2.24) is 13.9 Å².